The third-order valence-corrected chi connectivity index (χ3v) is 4.21. The Balaban J connectivity index is 1.97. The summed E-state index contributed by atoms with van der Waals surface area (Å²) in [5.41, 5.74) is 2.94. The molecule has 0 aliphatic heterocycles. The van der Waals surface area contributed by atoms with Gasteiger partial charge in [-0.15, -0.1) is 11.3 Å². The zero-order valence-electron chi connectivity index (χ0n) is 12.8. The molecular formula is C14H27N3O2S. The second-order valence-corrected chi connectivity index (χ2v) is 5.88. The van der Waals surface area contributed by atoms with Crippen LogP contribution < -0.4 is 5.32 Å². The zero-order chi connectivity index (χ0) is 14.8. The summed E-state index contributed by atoms with van der Waals surface area (Å²) >= 11 is 1.66. The number of aromatic nitrogens is 1. The number of aliphatic hydroxyl groups is 1. The van der Waals surface area contributed by atoms with Crippen LogP contribution in [0.1, 0.15) is 17.5 Å². The number of nitrogens with one attached hydrogen (secondary N) is 1. The number of aliphatic hydroxyl groups excluding tert-OH is 1. The van der Waals surface area contributed by atoms with Gasteiger partial charge in [-0.05, 0) is 20.5 Å². The van der Waals surface area contributed by atoms with Crippen molar-refractivity contribution in [3.05, 3.63) is 16.1 Å². The van der Waals surface area contributed by atoms with Crippen LogP contribution in [0.3, 0.4) is 0 Å². The van der Waals surface area contributed by atoms with E-state index in [2.05, 4.69) is 29.2 Å². The predicted molar refractivity (Wildman–Crippen MR) is 83.4 cm³/mol. The highest BCUT2D eigenvalue weighted by molar-refractivity contribution is 7.09. The van der Waals surface area contributed by atoms with Gasteiger partial charge in [-0.2, -0.15) is 0 Å². The van der Waals surface area contributed by atoms with Crippen molar-refractivity contribution in [2.75, 3.05) is 46.4 Å². The summed E-state index contributed by atoms with van der Waals surface area (Å²) in [6.45, 7) is 8.68. The molecule has 6 heteroatoms. The van der Waals surface area contributed by atoms with Gasteiger partial charge < -0.3 is 20.1 Å². The van der Waals surface area contributed by atoms with Crippen molar-refractivity contribution in [3.8, 4) is 0 Å². The van der Waals surface area contributed by atoms with Gasteiger partial charge in [0.25, 0.3) is 0 Å². The van der Waals surface area contributed by atoms with Crippen molar-refractivity contribution in [3.63, 3.8) is 0 Å². The number of thiazole rings is 1. The molecule has 0 aromatic carbocycles. The van der Waals surface area contributed by atoms with Crippen molar-refractivity contribution in [1.82, 2.24) is 15.2 Å². The first-order valence-corrected chi connectivity index (χ1v) is 8.05. The van der Waals surface area contributed by atoms with Gasteiger partial charge in [0.2, 0.25) is 0 Å². The Morgan fingerprint density at radius 2 is 2.35 bits per heavy atom. The third kappa shape index (κ3) is 7.31. The van der Waals surface area contributed by atoms with E-state index in [1.807, 2.05) is 12.4 Å². The van der Waals surface area contributed by atoms with Crippen molar-refractivity contribution < 1.29 is 9.84 Å². The number of aryl methyl sites for hydroxylation is 1. The Labute approximate surface area is 126 Å². The average molecular weight is 301 g/mol. The molecule has 1 aromatic heterocycles. The molecule has 0 spiro atoms. The van der Waals surface area contributed by atoms with Gasteiger partial charge in [0.05, 0.1) is 30.5 Å². The van der Waals surface area contributed by atoms with E-state index in [1.54, 1.807) is 11.3 Å². The van der Waals surface area contributed by atoms with Gasteiger partial charge in [0, 0.05) is 30.9 Å². The van der Waals surface area contributed by atoms with Gasteiger partial charge in [0.1, 0.15) is 0 Å². The zero-order valence-corrected chi connectivity index (χ0v) is 13.6. The summed E-state index contributed by atoms with van der Waals surface area (Å²) in [5, 5.41) is 13.0. The Morgan fingerprint density at radius 3 is 3.00 bits per heavy atom. The Morgan fingerprint density at radius 1 is 1.55 bits per heavy atom. The number of rotatable bonds is 11. The number of ether oxygens (including phenoxy) is 1. The lowest BCUT2D eigenvalue weighted by Gasteiger charge is -2.16. The molecule has 1 aromatic rings. The molecule has 0 fully saturated rings. The second kappa shape index (κ2) is 10.2. The van der Waals surface area contributed by atoms with Crippen LogP contribution in [0.15, 0.2) is 5.51 Å². The van der Waals surface area contributed by atoms with Gasteiger partial charge >= 0.3 is 0 Å². The molecule has 0 amide bonds. The number of likely N-dealkylation sites (N-methyl/N-ethyl adjacent to an activating group) is 1. The highest BCUT2D eigenvalue weighted by Gasteiger charge is 2.05. The molecule has 0 aliphatic carbocycles. The highest BCUT2D eigenvalue weighted by Crippen LogP contribution is 2.12. The predicted octanol–water partition coefficient (Wildman–Crippen LogP) is 0.913. The molecule has 0 bridgehead atoms. The SMILES string of the molecule is CCN(C)CCNCC(O)COCCc1scnc1C. The van der Waals surface area contributed by atoms with Crippen LogP contribution in [-0.4, -0.2) is 67.5 Å². The molecule has 20 heavy (non-hydrogen) atoms. The van der Waals surface area contributed by atoms with Crippen molar-refractivity contribution in [2.45, 2.75) is 26.4 Å². The fraction of sp³-hybridized carbons (Fsp3) is 0.786. The molecular weight excluding hydrogens is 274 g/mol. The molecule has 1 heterocycles. The number of nitrogens with zero attached hydrogens (tertiary/aromatic N) is 2. The summed E-state index contributed by atoms with van der Waals surface area (Å²) in [7, 11) is 2.09. The lowest BCUT2D eigenvalue weighted by molar-refractivity contribution is 0.0384. The molecule has 1 atom stereocenters. The summed E-state index contributed by atoms with van der Waals surface area (Å²) < 4.78 is 5.50. The molecule has 1 unspecified atom stereocenters. The van der Waals surface area contributed by atoms with E-state index in [0.29, 0.717) is 19.8 Å². The molecule has 5 nitrogen and oxygen atoms in total. The van der Waals surface area contributed by atoms with Crippen LogP contribution in [-0.2, 0) is 11.2 Å². The van der Waals surface area contributed by atoms with E-state index in [-0.39, 0.29) is 0 Å². The maximum absolute atomic E-state index is 9.77. The van der Waals surface area contributed by atoms with E-state index in [0.717, 1.165) is 31.7 Å². The summed E-state index contributed by atoms with van der Waals surface area (Å²) in [6, 6.07) is 0. The fourth-order valence-corrected chi connectivity index (χ4v) is 2.47. The smallest absolute Gasteiger partial charge is 0.0897 e. The molecule has 0 saturated carbocycles. The van der Waals surface area contributed by atoms with Crippen LogP contribution in [0.5, 0.6) is 0 Å². The first-order chi connectivity index (χ1) is 9.63. The maximum atomic E-state index is 9.77. The minimum absolute atomic E-state index is 0.383. The van der Waals surface area contributed by atoms with E-state index >= 15 is 0 Å². The largest absolute Gasteiger partial charge is 0.389 e. The second-order valence-electron chi connectivity index (χ2n) is 4.94. The molecule has 2 N–H and O–H groups in total. The van der Waals surface area contributed by atoms with E-state index in [4.69, 9.17) is 4.74 Å². The van der Waals surface area contributed by atoms with Crippen molar-refractivity contribution >= 4 is 11.3 Å². The standard InChI is InChI=1S/C14H27N3O2S/c1-4-17(3)7-6-15-9-13(18)10-19-8-5-14-12(2)16-11-20-14/h11,13,15,18H,4-10H2,1-3H3. The number of hydrogen-bond donors (Lipinski definition) is 2. The van der Waals surface area contributed by atoms with E-state index in [9.17, 15) is 5.11 Å². The van der Waals surface area contributed by atoms with Crippen molar-refractivity contribution in [1.29, 1.82) is 0 Å². The number of hydrogen-bond acceptors (Lipinski definition) is 6. The third-order valence-electron chi connectivity index (χ3n) is 3.22. The Bertz CT molecular complexity index is 360. The van der Waals surface area contributed by atoms with Crippen LogP contribution in [0.4, 0.5) is 0 Å². The van der Waals surface area contributed by atoms with Gasteiger partial charge in [-0.3, -0.25) is 0 Å². The maximum Gasteiger partial charge on any atom is 0.0897 e. The van der Waals surface area contributed by atoms with Gasteiger partial charge in [-0.25, -0.2) is 4.98 Å². The minimum atomic E-state index is -0.440. The first kappa shape index (κ1) is 17.5. The Hall–Kier alpha value is -0.530. The Kier molecular flexibility index (Phi) is 8.97. The van der Waals surface area contributed by atoms with Crippen LogP contribution in [0, 0.1) is 6.92 Å². The van der Waals surface area contributed by atoms with Gasteiger partial charge in [-0.1, -0.05) is 6.92 Å². The quantitative estimate of drug-likeness (QED) is 0.595. The first-order valence-electron chi connectivity index (χ1n) is 7.17. The van der Waals surface area contributed by atoms with Crippen LogP contribution >= 0.6 is 11.3 Å². The molecule has 0 aliphatic rings. The average Bonchev–Trinajstić information content (AvgIpc) is 2.85. The van der Waals surface area contributed by atoms with E-state index < -0.39 is 6.10 Å². The van der Waals surface area contributed by atoms with Crippen LogP contribution in [0.25, 0.3) is 0 Å². The minimum Gasteiger partial charge on any atom is -0.389 e. The molecule has 116 valence electrons. The normalized spacial score (nSPS) is 13.1. The molecule has 0 radical (unpaired) electrons. The molecule has 1 rings (SSSR count). The summed E-state index contributed by atoms with van der Waals surface area (Å²) in [5.74, 6) is 0. The van der Waals surface area contributed by atoms with Crippen molar-refractivity contribution in [2.24, 2.45) is 0 Å². The van der Waals surface area contributed by atoms with Crippen LogP contribution in [0.2, 0.25) is 0 Å². The van der Waals surface area contributed by atoms with Gasteiger partial charge in [0.15, 0.2) is 0 Å². The lowest BCUT2D eigenvalue weighted by Crippen LogP contribution is -2.35. The topological polar surface area (TPSA) is 57.6 Å². The fourth-order valence-electron chi connectivity index (χ4n) is 1.71. The lowest BCUT2D eigenvalue weighted by atomic mass is 10.3. The monoisotopic (exact) mass is 301 g/mol. The summed E-state index contributed by atoms with van der Waals surface area (Å²) in [6.07, 6.45) is 0.433. The summed E-state index contributed by atoms with van der Waals surface area (Å²) in [4.78, 5) is 7.69. The highest BCUT2D eigenvalue weighted by atomic mass is 32.1. The van der Waals surface area contributed by atoms with E-state index in [1.165, 1.54) is 4.88 Å². The molecule has 0 saturated heterocycles.